The van der Waals surface area contributed by atoms with E-state index in [1.54, 1.807) is 0 Å². The van der Waals surface area contributed by atoms with E-state index in [1.165, 1.54) is 0 Å². The van der Waals surface area contributed by atoms with E-state index in [-0.39, 0.29) is 30.8 Å². The zero-order valence-corrected chi connectivity index (χ0v) is 16.9. The molecular weight excluding hydrogens is 358 g/mol. The zero-order chi connectivity index (χ0) is 20.5. The van der Waals surface area contributed by atoms with Gasteiger partial charge in [-0.15, -0.1) is 0 Å². The van der Waals surface area contributed by atoms with Gasteiger partial charge in [0, 0.05) is 50.6 Å². The molecule has 1 aliphatic rings. The molecule has 4 N–H and O–H groups in total. The monoisotopic (exact) mass is 391 g/mol. The van der Waals surface area contributed by atoms with Crippen molar-refractivity contribution in [3.05, 3.63) is 29.8 Å². The first kappa shape index (κ1) is 22.3. The summed E-state index contributed by atoms with van der Waals surface area (Å²) in [6, 6.07) is 7.74. The number of nitrogens with two attached hydrogens (primary N) is 1. The van der Waals surface area contributed by atoms with Crippen molar-refractivity contribution in [2.24, 2.45) is 5.73 Å². The predicted molar refractivity (Wildman–Crippen MR) is 108 cm³/mol. The topological polar surface area (TPSA) is 105 Å². The molecule has 1 heterocycles. The summed E-state index contributed by atoms with van der Waals surface area (Å²) in [7, 11) is 0. The Bertz CT molecular complexity index is 650. The molecule has 0 radical (unpaired) electrons. The van der Waals surface area contributed by atoms with E-state index in [2.05, 4.69) is 16.3 Å². The van der Waals surface area contributed by atoms with Crippen molar-refractivity contribution in [1.29, 1.82) is 0 Å². The average Bonchev–Trinajstić information content (AvgIpc) is 2.66. The highest BCUT2D eigenvalue weighted by atomic mass is 16.5. The third-order valence-electron chi connectivity index (χ3n) is 4.90. The number of Topliss-reactive ketones (excluding diaryl/α,β-unsaturated/α-hetero) is 1. The van der Waals surface area contributed by atoms with Crippen LogP contribution >= 0.6 is 0 Å². The Balaban J connectivity index is 1.85. The van der Waals surface area contributed by atoms with Gasteiger partial charge in [0.2, 0.25) is 0 Å². The standard InChI is InChI=1S/C21H33N3O4/c1-15(2)28-20-8-4-3-6-16(20)18-14-24(13-11-23-18)12-10-17(22)19(25)7-5-9-21(26)27/h3-4,6,8,15,17-18,23H,5,7,9-14,22H2,1-2H3,(H,26,27). The number of carboxylic acids is 1. The molecule has 28 heavy (non-hydrogen) atoms. The molecule has 2 rings (SSSR count). The molecule has 1 aromatic rings. The Morgan fingerprint density at radius 1 is 1.32 bits per heavy atom. The number of benzene rings is 1. The third-order valence-corrected chi connectivity index (χ3v) is 4.90. The van der Waals surface area contributed by atoms with Crippen LogP contribution < -0.4 is 15.8 Å². The van der Waals surface area contributed by atoms with Gasteiger partial charge in [0.25, 0.3) is 0 Å². The number of hydrogen-bond donors (Lipinski definition) is 3. The summed E-state index contributed by atoms with van der Waals surface area (Å²) < 4.78 is 5.95. The van der Waals surface area contributed by atoms with Crippen LogP contribution in [0.3, 0.4) is 0 Å². The van der Waals surface area contributed by atoms with E-state index in [4.69, 9.17) is 15.6 Å². The summed E-state index contributed by atoms with van der Waals surface area (Å²) in [6.45, 7) is 7.39. The molecule has 7 heteroatoms. The number of carbonyl (C=O) groups excluding carboxylic acids is 1. The smallest absolute Gasteiger partial charge is 0.303 e. The Morgan fingerprint density at radius 3 is 2.79 bits per heavy atom. The fourth-order valence-electron chi connectivity index (χ4n) is 3.43. The fourth-order valence-corrected chi connectivity index (χ4v) is 3.43. The molecule has 1 fully saturated rings. The first-order chi connectivity index (χ1) is 13.4. The Morgan fingerprint density at radius 2 is 2.07 bits per heavy atom. The lowest BCUT2D eigenvalue weighted by molar-refractivity contribution is -0.137. The second-order valence-electron chi connectivity index (χ2n) is 7.62. The maximum Gasteiger partial charge on any atom is 0.303 e. The van der Waals surface area contributed by atoms with Gasteiger partial charge in [0.15, 0.2) is 0 Å². The van der Waals surface area contributed by atoms with Crippen LogP contribution in [0.1, 0.15) is 51.1 Å². The maximum atomic E-state index is 12.1. The number of piperazine rings is 1. The van der Waals surface area contributed by atoms with Crippen LogP contribution in [0.15, 0.2) is 24.3 Å². The van der Waals surface area contributed by atoms with Crippen molar-refractivity contribution >= 4 is 11.8 Å². The highest BCUT2D eigenvalue weighted by Crippen LogP contribution is 2.28. The molecule has 0 amide bonds. The largest absolute Gasteiger partial charge is 0.491 e. The molecule has 0 aromatic heterocycles. The quantitative estimate of drug-likeness (QED) is 0.529. The minimum atomic E-state index is -0.880. The first-order valence-corrected chi connectivity index (χ1v) is 10.1. The number of aliphatic carboxylic acids is 1. The van der Waals surface area contributed by atoms with Crippen LogP contribution in [-0.2, 0) is 9.59 Å². The van der Waals surface area contributed by atoms with E-state index in [9.17, 15) is 9.59 Å². The number of carbonyl (C=O) groups is 2. The first-order valence-electron chi connectivity index (χ1n) is 10.1. The maximum absolute atomic E-state index is 12.1. The van der Waals surface area contributed by atoms with Crippen LogP contribution in [0.25, 0.3) is 0 Å². The summed E-state index contributed by atoms with van der Waals surface area (Å²) in [4.78, 5) is 24.9. The van der Waals surface area contributed by atoms with Gasteiger partial charge in [-0.1, -0.05) is 18.2 Å². The second kappa shape index (κ2) is 11.1. The molecule has 0 spiro atoms. The number of ether oxygens (including phenoxy) is 1. The van der Waals surface area contributed by atoms with Crippen molar-refractivity contribution in [3.8, 4) is 5.75 Å². The van der Waals surface area contributed by atoms with E-state index >= 15 is 0 Å². The van der Waals surface area contributed by atoms with Crippen molar-refractivity contribution < 1.29 is 19.4 Å². The number of carboxylic acid groups (broad SMARTS) is 1. The lowest BCUT2D eigenvalue weighted by Gasteiger charge is -2.35. The van der Waals surface area contributed by atoms with Gasteiger partial charge in [0.05, 0.1) is 12.1 Å². The van der Waals surface area contributed by atoms with Crippen molar-refractivity contribution in [1.82, 2.24) is 10.2 Å². The SMILES string of the molecule is CC(C)Oc1ccccc1C1CN(CCC(N)C(=O)CCCC(=O)O)CCN1. The van der Waals surface area contributed by atoms with Crippen LogP contribution in [0.5, 0.6) is 5.75 Å². The summed E-state index contributed by atoms with van der Waals surface area (Å²) in [5, 5.41) is 12.2. The molecule has 156 valence electrons. The minimum absolute atomic E-state index is 0.00971. The van der Waals surface area contributed by atoms with Gasteiger partial charge in [-0.25, -0.2) is 0 Å². The normalized spacial score (nSPS) is 18.8. The van der Waals surface area contributed by atoms with Gasteiger partial charge in [-0.3, -0.25) is 9.59 Å². The molecule has 2 unspecified atom stereocenters. The van der Waals surface area contributed by atoms with Crippen LogP contribution in [-0.4, -0.2) is 60.1 Å². The third kappa shape index (κ3) is 7.22. The second-order valence-corrected chi connectivity index (χ2v) is 7.62. The van der Waals surface area contributed by atoms with Gasteiger partial charge < -0.3 is 25.8 Å². The minimum Gasteiger partial charge on any atom is -0.491 e. The van der Waals surface area contributed by atoms with E-state index in [0.717, 1.165) is 37.5 Å². The molecule has 7 nitrogen and oxygen atoms in total. The van der Waals surface area contributed by atoms with Gasteiger partial charge in [0.1, 0.15) is 11.5 Å². The fraction of sp³-hybridized carbons (Fsp3) is 0.619. The van der Waals surface area contributed by atoms with Gasteiger partial charge in [-0.05, 0) is 32.8 Å². The van der Waals surface area contributed by atoms with Crippen molar-refractivity contribution in [2.75, 3.05) is 26.2 Å². The van der Waals surface area contributed by atoms with Gasteiger partial charge >= 0.3 is 5.97 Å². The number of nitrogens with one attached hydrogen (secondary N) is 1. The zero-order valence-electron chi connectivity index (χ0n) is 16.9. The lowest BCUT2D eigenvalue weighted by atomic mass is 10.0. The number of nitrogens with zero attached hydrogens (tertiary/aromatic N) is 1. The Hall–Kier alpha value is -1.96. The average molecular weight is 392 g/mol. The van der Waals surface area contributed by atoms with Crippen LogP contribution in [0.2, 0.25) is 0 Å². The molecule has 1 aromatic carbocycles. The number of ketones is 1. The molecule has 1 saturated heterocycles. The van der Waals surface area contributed by atoms with Crippen LogP contribution in [0.4, 0.5) is 0 Å². The molecular formula is C21H33N3O4. The molecule has 1 aliphatic heterocycles. The lowest BCUT2D eigenvalue weighted by Crippen LogP contribution is -2.47. The molecule has 2 atom stereocenters. The number of hydrogen-bond acceptors (Lipinski definition) is 6. The highest BCUT2D eigenvalue weighted by molar-refractivity contribution is 5.84. The summed E-state index contributed by atoms with van der Waals surface area (Å²) in [5.74, 6) is -0.0271. The highest BCUT2D eigenvalue weighted by Gasteiger charge is 2.24. The summed E-state index contributed by atoms with van der Waals surface area (Å²) in [5.41, 5.74) is 7.16. The van der Waals surface area contributed by atoms with Crippen molar-refractivity contribution in [2.45, 2.75) is 57.7 Å². The number of rotatable bonds is 11. The summed E-state index contributed by atoms with van der Waals surface area (Å²) >= 11 is 0. The predicted octanol–water partition coefficient (Wildman–Crippen LogP) is 1.96. The Labute approximate surface area is 167 Å². The number of para-hydroxylation sites is 1. The van der Waals surface area contributed by atoms with E-state index in [1.807, 2.05) is 32.0 Å². The van der Waals surface area contributed by atoms with Crippen LogP contribution in [0, 0.1) is 0 Å². The summed E-state index contributed by atoms with van der Waals surface area (Å²) in [6.07, 6.45) is 1.30. The Kier molecular flexibility index (Phi) is 8.89. The molecule has 0 saturated carbocycles. The van der Waals surface area contributed by atoms with Crippen molar-refractivity contribution in [3.63, 3.8) is 0 Å². The molecule has 0 bridgehead atoms. The molecule has 0 aliphatic carbocycles. The van der Waals surface area contributed by atoms with E-state index < -0.39 is 12.0 Å². The van der Waals surface area contributed by atoms with E-state index in [0.29, 0.717) is 12.8 Å². The van der Waals surface area contributed by atoms with Gasteiger partial charge in [-0.2, -0.15) is 0 Å².